The Labute approximate surface area is 173 Å². The first-order valence-electron chi connectivity index (χ1n) is 9.70. The quantitative estimate of drug-likeness (QED) is 0.545. The first-order valence-corrected chi connectivity index (χ1v) is 10.6. The van der Waals surface area contributed by atoms with Crippen LogP contribution in [0.2, 0.25) is 0 Å². The number of nitrogens with zero attached hydrogens (tertiary/aromatic N) is 3. The molecule has 5 nitrogen and oxygen atoms in total. The Morgan fingerprint density at radius 1 is 1.24 bits per heavy atom. The highest BCUT2D eigenvalue weighted by molar-refractivity contribution is 7.09. The molecule has 0 radical (unpaired) electrons. The van der Waals surface area contributed by atoms with E-state index in [4.69, 9.17) is 0 Å². The first kappa shape index (κ1) is 21.6. The lowest BCUT2D eigenvalue weighted by Gasteiger charge is -2.36. The summed E-state index contributed by atoms with van der Waals surface area (Å²) in [4.78, 5) is 10.3. The zero-order valence-electron chi connectivity index (χ0n) is 16.4. The third kappa shape index (κ3) is 6.43. The Hall–Kier alpha value is -2.13. The fourth-order valence-corrected chi connectivity index (χ4v) is 4.17. The van der Waals surface area contributed by atoms with Crippen molar-refractivity contribution in [3.05, 3.63) is 52.0 Å². The third-order valence-corrected chi connectivity index (χ3v) is 5.80. The molecule has 1 aliphatic heterocycles. The number of piperidine rings is 1. The number of likely N-dealkylation sites (tertiary alicyclic amines) is 1. The van der Waals surface area contributed by atoms with Crippen molar-refractivity contribution >= 4 is 17.3 Å². The van der Waals surface area contributed by atoms with Crippen LogP contribution in [0, 0.1) is 0 Å². The SMILES string of the molecule is CN=C(NCc1nc(C(F)(F)F)cs1)NCC1CCCCN1Cc1ccccc1. The van der Waals surface area contributed by atoms with Crippen LogP contribution in [-0.2, 0) is 19.3 Å². The minimum atomic E-state index is -4.40. The number of aliphatic imine (C=N–C) groups is 1. The van der Waals surface area contributed by atoms with Crippen molar-refractivity contribution in [3.63, 3.8) is 0 Å². The van der Waals surface area contributed by atoms with Gasteiger partial charge in [0.05, 0.1) is 6.54 Å². The van der Waals surface area contributed by atoms with E-state index in [1.54, 1.807) is 7.05 Å². The zero-order chi connectivity index (χ0) is 20.7. The van der Waals surface area contributed by atoms with Crippen molar-refractivity contribution in [2.24, 2.45) is 4.99 Å². The smallest absolute Gasteiger partial charge is 0.355 e. The molecule has 29 heavy (non-hydrogen) atoms. The van der Waals surface area contributed by atoms with Gasteiger partial charge in [0, 0.05) is 31.6 Å². The van der Waals surface area contributed by atoms with Crippen LogP contribution in [-0.4, -0.2) is 42.0 Å². The number of halogens is 3. The zero-order valence-corrected chi connectivity index (χ0v) is 17.2. The lowest BCUT2D eigenvalue weighted by atomic mass is 10.0. The molecule has 3 rings (SSSR count). The predicted molar refractivity (Wildman–Crippen MR) is 110 cm³/mol. The Kier molecular flexibility index (Phi) is 7.49. The minimum Gasteiger partial charge on any atom is -0.355 e. The van der Waals surface area contributed by atoms with Gasteiger partial charge in [0.25, 0.3) is 0 Å². The molecule has 2 aromatic rings. The van der Waals surface area contributed by atoms with E-state index < -0.39 is 11.9 Å². The van der Waals surface area contributed by atoms with Crippen molar-refractivity contribution in [2.45, 2.75) is 44.6 Å². The van der Waals surface area contributed by atoms with Gasteiger partial charge in [0.15, 0.2) is 11.7 Å². The summed E-state index contributed by atoms with van der Waals surface area (Å²) in [7, 11) is 1.65. The summed E-state index contributed by atoms with van der Waals surface area (Å²) < 4.78 is 38.0. The van der Waals surface area contributed by atoms with Crippen molar-refractivity contribution in [1.82, 2.24) is 20.5 Å². The van der Waals surface area contributed by atoms with Crippen molar-refractivity contribution in [1.29, 1.82) is 0 Å². The van der Waals surface area contributed by atoms with Crippen LogP contribution in [0.5, 0.6) is 0 Å². The lowest BCUT2D eigenvalue weighted by molar-refractivity contribution is -0.140. The molecule has 9 heteroatoms. The molecule has 1 aromatic heterocycles. The van der Waals surface area contributed by atoms with Crippen LogP contribution >= 0.6 is 11.3 Å². The van der Waals surface area contributed by atoms with Crippen LogP contribution < -0.4 is 10.6 Å². The Bertz CT molecular complexity index is 791. The Balaban J connectivity index is 1.50. The number of guanidine groups is 1. The second-order valence-electron chi connectivity index (χ2n) is 7.04. The maximum Gasteiger partial charge on any atom is 0.434 e. The van der Waals surface area contributed by atoms with Gasteiger partial charge in [-0.3, -0.25) is 9.89 Å². The summed E-state index contributed by atoms with van der Waals surface area (Å²) in [5.74, 6) is 0.569. The topological polar surface area (TPSA) is 52.6 Å². The molecule has 1 saturated heterocycles. The van der Waals surface area contributed by atoms with Gasteiger partial charge < -0.3 is 10.6 Å². The number of hydrogen-bond acceptors (Lipinski definition) is 4. The van der Waals surface area contributed by atoms with E-state index in [0.717, 1.165) is 42.8 Å². The summed E-state index contributed by atoms with van der Waals surface area (Å²) >= 11 is 0.992. The number of aromatic nitrogens is 1. The van der Waals surface area contributed by atoms with E-state index in [2.05, 4.69) is 49.8 Å². The van der Waals surface area contributed by atoms with Gasteiger partial charge in [-0.25, -0.2) is 4.98 Å². The summed E-state index contributed by atoms with van der Waals surface area (Å²) in [6, 6.07) is 10.8. The van der Waals surface area contributed by atoms with E-state index in [1.165, 1.54) is 18.4 Å². The molecule has 1 fully saturated rings. The van der Waals surface area contributed by atoms with Crippen molar-refractivity contribution in [2.75, 3.05) is 20.1 Å². The average Bonchev–Trinajstić information content (AvgIpc) is 3.20. The Morgan fingerprint density at radius 3 is 2.72 bits per heavy atom. The molecule has 0 spiro atoms. The molecule has 1 aliphatic rings. The molecule has 1 unspecified atom stereocenters. The largest absolute Gasteiger partial charge is 0.434 e. The summed E-state index contributed by atoms with van der Waals surface area (Å²) in [5.41, 5.74) is 0.451. The molecule has 0 bridgehead atoms. The van der Waals surface area contributed by atoms with Crippen LogP contribution in [0.3, 0.4) is 0 Å². The van der Waals surface area contributed by atoms with Gasteiger partial charge in [0.1, 0.15) is 5.01 Å². The fourth-order valence-electron chi connectivity index (χ4n) is 3.43. The van der Waals surface area contributed by atoms with Gasteiger partial charge in [-0.15, -0.1) is 11.3 Å². The van der Waals surface area contributed by atoms with Gasteiger partial charge in [-0.1, -0.05) is 36.8 Å². The number of hydrogen-bond donors (Lipinski definition) is 2. The number of benzene rings is 1. The number of rotatable bonds is 6. The highest BCUT2D eigenvalue weighted by atomic mass is 32.1. The molecule has 1 aromatic carbocycles. The molecule has 0 amide bonds. The Morgan fingerprint density at radius 2 is 2.03 bits per heavy atom. The van der Waals surface area contributed by atoms with Crippen molar-refractivity contribution in [3.8, 4) is 0 Å². The van der Waals surface area contributed by atoms with E-state index in [9.17, 15) is 13.2 Å². The van der Waals surface area contributed by atoms with Gasteiger partial charge in [-0.05, 0) is 24.9 Å². The highest BCUT2D eigenvalue weighted by Crippen LogP contribution is 2.29. The summed E-state index contributed by atoms with van der Waals surface area (Å²) in [5, 5.41) is 7.79. The average molecular weight is 426 g/mol. The van der Waals surface area contributed by atoms with E-state index in [-0.39, 0.29) is 6.54 Å². The predicted octanol–water partition coefficient (Wildman–Crippen LogP) is 3.88. The third-order valence-electron chi connectivity index (χ3n) is 4.96. The number of nitrogens with one attached hydrogen (secondary N) is 2. The highest BCUT2D eigenvalue weighted by Gasteiger charge is 2.33. The van der Waals surface area contributed by atoms with Crippen LogP contribution in [0.25, 0.3) is 0 Å². The summed E-state index contributed by atoms with van der Waals surface area (Å²) in [6.07, 6.45) is -0.902. The second-order valence-corrected chi connectivity index (χ2v) is 7.98. The molecule has 158 valence electrons. The monoisotopic (exact) mass is 425 g/mol. The van der Waals surface area contributed by atoms with Crippen LogP contribution in [0.1, 0.15) is 35.5 Å². The molecular weight excluding hydrogens is 399 g/mol. The number of alkyl halides is 3. The lowest BCUT2D eigenvalue weighted by Crippen LogP contribution is -2.48. The fraction of sp³-hybridized carbons (Fsp3) is 0.500. The molecule has 0 aliphatic carbocycles. The summed E-state index contributed by atoms with van der Waals surface area (Å²) in [6.45, 7) is 2.92. The molecular formula is C20H26F3N5S. The van der Waals surface area contributed by atoms with Gasteiger partial charge in [0.2, 0.25) is 0 Å². The van der Waals surface area contributed by atoms with E-state index in [0.29, 0.717) is 17.0 Å². The van der Waals surface area contributed by atoms with Crippen LogP contribution in [0.15, 0.2) is 40.7 Å². The van der Waals surface area contributed by atoms with Crippen LogP contribution in [0.4, 0.5) is 13.2 Å². The van der Waals surface area contributed by atoms with Crippen molar-refractivity contribution < 1.29 is 13.2 Å². The molecule has 2 heterocycles. The standard InChI is InChI=1S/C20H26F3N5S/c1-24-19(26-12-18-27-17(14-29-18)20(21,22)23)25-11-16-9-5-6-10-28(16)13-15-7-3-2-4-8-15/h2-4,7-8,14,16H,5-6,9-13H2,1H3,(H2,24,25,26). The minimum absolute atomic E-state index is 0.207. The van der Waals surface area contributed by atoms with Gasteiger partial charge >= 0.3 is 6.18 Å². The van der Waals surface area contributed by atoms with E-state index in [1.807, 2.05) is 6.07 Å². The maximum absolute atomic E-state index is 12.7. The first-order chi connectivity index (χ1) is 14.0. The molecule has 1 atom stereocenters. The second kappa shape index (κ2) is 10.1. The van der Waals surface area contributed by atoms with E-state index >= 15 is 0 Å². The normalized spacial score (nSPS) is 18.6. The van der Waals surface area contributed by atoms with Gasteiger partial charge in [-0.2, -0.15) is 13.2 Å². The molecule has 2 N–H and O–H groups in total. The molecule has 0 saturated carbocycles. The maximum atomic E-state index is 12.7. The number of thiazole rings is 1.